The van der Waals surface area contributed by atoms with Crippen molar-refractivity contribution in [2.45, 2.75) is 31.8 Å². The maximum Gasteiger partial charge on any atom is 0.303 e. The Balaban J connectivity index is 2.13. The summed E-state index contributed by atoms with van der Waals surface area (Å²) in [5.74, 6) is -0.925. The van der Waals surface area contributed by atoms with Crippen LogP contribution in [0.3, 0.4) is 0 Å². The summed E-state index contributed by atoms with van der Waals surface area (Å²) in [6, 6.07) is 9.14. The normalized spacial score (nSPS) is 23.4. The second-order valence-corrected chi connectivity index (χ2v) is 4.79. The van der Waals surface area contributed by atoms with Crippen LogP contribution in [0.1, 0.15) is 19.8 Å². The van der Waals surface area contributed by atoms with Gasteiger partial charge in [-0.15, -0.1) is 0 Å². The number of para-hydroxylation sites is 1. The van der Waals surface area contributed by atoms with E-state index in [1.54, 1.807) is 4.90 Å². The molecular weight excluding hydrogens is 244 g/mol. The zero-order chi connectivity index (χ0) is 13.8. The van der Waals surface area contributed by atoms with Crippen LogP contribution in [-0.4, -0.2) is 35.6 Å². The monoisotopic (exact) mass is 262 g/mol. The van der Waals surface area contributed by atoms with E-state index in [4.69, 9.17) is 5.11 Å². The highest BCUT2D eigenvalue weighted by Gasteiger charge is 2.33. The van der Waals surface area contributed by atoms with E-state index >= 15 is 0 Å². The third kappa shape index (κ3) is 3.12. The van der Waals surface area contributed by atoms with Gasteiger partial charge in [-0.05, 0) is 25.5 Å². The van der Waals surface area contributed by atoms with Crippen molar-refractivity contribution >= 4 is 17.6 Å². The molecule has 0 aromatic heterocycles. The van der Waals surface area contributed by atoms with E-state index in [1.807, 2.05) is 37.3 Å². The summed E-state index contributed by atoms with van der Waals surface area (Å²) < 4.78 is 0. The maximum atomic E-state index is 12.4. The first-order valence-corrected chi connectivity index (χ1v) is 6.43. The van der Waals surface area contributed by atoms with Gasteiger partial charge in [-0.25, -0.2) is 0 Å². The highest BCUT2D eigenvalue weighted by molar-refractivity contribution is 5.98. The number of anilines is 1. The van der Waals surface area contributed by atoms with Gasteiger partial charge in [-0.2, -0.15) is 0 Å². The lowest BCUT2D eigenvalue weighted by molar-refractivity contribution is -0.137. The largest absolute Gasteiger partial charge is 0.481 e. The second-order valence-electron chi connectivity index (χ2n) is 4.79. The molecule has 1 aliphatic rings. The number of carbonyl (C=O) groups excluding carboxylic acids is 1. The topological polar surface area (TPSA) is 69.6 Å². The molecule has 1 aromatic carbocycles. The van der Waals surface area contributed by atoms with E-state index in [2.05, 4.69) is 5.32 Å². The fourth-order valence-corrected chi connectivity index (χ4v) is 2.34. The number of amides is 1. The third-order valence-electron chi connectivity index (χ3n) is 3.32. The first-order valence-electron chi connectivity index (χ1n) is 6.43. The minimum Gasteiger partial charge on any atom is -0.481 e. The molecule has 5 heteroatoms. The lowest BCUT2D eigenvalue weighted by Crippen LogP contribution is -2.59. The van der Waals surface area contributed by atoms with Gasteiger partial charge in [0.05, 0.1) is 6.04 Å². The molecule has 1 aliphatic heterocycles. The maximum absolute atomic E-state index is 12.4. The summed E-state index contributed by atoms with van der Waals surface area (Å²) in [5.41, 5.74) is 0.863. The number of nitrogens with zero attached hydrogens (tertiary/aromatic N) is 1. The number of benzene rings is 1. The first-order chi connectivity index (χ1) is 9.09. The quantitative estimate of drug-likeness (QED) is 0.856. The number of aliphatic carboxylic acids is 1. The summed E-state index contributed by atoms with van der Waals surface area (Å²) in [7, 11) is 0. The van der Waals surface area contributed by atoms with Gasteiger partial charge in [0.2, 0.25) is 5.91 Å². The zero-order valence-corrected chi connectivity index (χ0v) is 10.9. The molecule has 1 aromatic rings. The van der Waals surface area contributed by atoms with E-state index in [0.29, 0.717) is 13.0 Å². The number of carbonyl (C=O) groups is 2. The lowest BCUT2D eigenvalue weighted by Gasteiger charge is -2.38. The lowest BCUT2D eigenvalue weighted by atomic mass is 10.0. The Morgan fingerprint density at radius 3 is 2.74 bits per heavy atom. The van der Waals surface area contributed by atoms with E-state index < -0.39 is 12.0 Å². The molecule has 102 valence electrons. The predicted molar refractivity (Wildman–Crippen MR) is 72.1 cm³/mol. The van der Waals surface area contributed by atoms with Crippen LogP contribution in [-0.2, 0) is 9.59 Å². The third-order valence-corrected chi connectivity index (χ3v) is 3.32. The van der Waals surface area contributed by atoms with Gasteiger partial charge in [-0.1, -0.05) is 18.2 Å². The Labute approximate surface area is 112 Å². The summed E-state index contributed by atoms with van der Waals surface area (Å²) in [6.45, 7) is 2.65. The highest BCUT2D eigenvalue weighted by atomic mass is 16.4. The molecule has 0 radical (unpaired) electrons. The number of rotatable bonds is 4. The van der Waals surface area contributed by atoms with Gasteiger partial charge in [0, 0.05) is 24.7 Å². The van der Waals surface area contributed by atoms with Crippen LogP contribution in [0.15, 0.2) is 30.3 Å². The molecule has 5 nitrogen and oxygen atoms in total. The molecule has 0 spiro atoms. The molecule has 0 aliphatic carbocycles. The second kappa shape index (κ2) is 5.84. The van der Waals surface area contributed by atoms with Crippen molar-refractivity contribution in [3.05, 3.63) is 30.3 Å². The Morgan fingerprint density at radius 1 is 1.42 bits per heavy atom. The van der Waals surface area contributed by atoms with Crippen molar-refractivity contribution in [2.24, 2.45) is 0 Å². The van der Waals surface area contributed by atoms with Crippen molar-refractivity contribution in [3.63, 3.8) is 0 Å². The van der Waals surface area contributed by atoms with Gasteiger partial charge < -0.3 is 15.3 Å². The van der Waals surface area contributed by atoms with Gasteiger partial charge >= 0.3 is 5.97 Å². The Hall–Kier alpha value is -1.88. The molecule has 1 saturated heterocycles. The average Bonchev–Trinajstić information content (AvgIpc) is 2.39. The number of carboxylic acids is 1. The molecule has 2 unspecified atom stereocenters. The zero-order valence-electron chi connectivity index (χ0n) is 10.9. The van der Waals surface area contributed by atoms with E-state index in [1.165, 1.54) is 0 Å². The molecule has 1 heterocycles. The molecule has 2 rings (SSSR count). The predicted octanol–water partition coefficient (Wildman–Crippen LogP) is 1.24. The number of carboxylic acid groups (broad SMARTS) is 1. The van der Waals surface area contributed by atoms with Gasteiger partial charge in [0.15, 0.2) is 0 Å². The fourth-order valence-electron chi connectivity index (χ4n) is 2.34. The molecule has 1 fully saturated rings. The van der Waals surface area contributed by atoms with Crippen LogP contribution < -0.4 is 10.2 Å². The number of piperazine rings is 1. The first kappa shape index (κ1) is 13.5. The highest BCUT2D eigenvalue weighted by Crippen LogP contribution is 2.21. The van der Waals surface area contributed by atoms with Gasteiger partial charge in [0.25, 0.3) is 0 Å². The van der Waals surface area contributed by atoms with Crippen molar-refractivity contribution in [1.82, 2.24) is 5.32 Å². The molecule has 0 saturated carbocycles. The standard InChI is InChI=1S/C14H18N2O3/c1-10-9-15-12(7-8-13(17)18)14(19)16(10)11-5-3-2-4-6-11/h2-6,10,12,15H,7-9H2,1H3,(H,17,18). The molecule has 1 amide bonds. The molecule has 2 atom stereocenters. The smallest absolute Gasteiger partial charge is 0.303 e. The molecule has 19 heavy (non-hydrogen) atoms. The number of nitrogens with one attached hydrogen (secondary N) is 1. The minimum absolute atomic E-state index is 0.000414. The molecule has 0 bridgehead atoms. The number of hydrogen-bond donors (Lipinski definition) is 2. The SMILES string of the molecule is CC1CNC(CCC(=O)O)C(=O)N1c1ccccc1. The van der Waals surface area contributed by atoms with Crippen LogP contribution >= 0.6 is 0 Å². The van der Waals surface area contributed by atoms with Crippen molar-refractivity contribution in [1.29, 1.82) is 0 Å². The van der Waals surface area contributed by atoms with E-state index in [-0.39, 0.29) is 18.4 Å². The van der Waals surface area contributed by atoms with Crippen molar-refractivity contribution < 1.29 is 14.7 Å². The van der Waals surface area contributed by atoms with Crippen LogP contribution in [0.2, 0.25) is 0 Å². The van der Waals surface area contributed by atoms with E-state index in [0.717, 1.165) is 5.69 Å². The van der Waals surface area contributed by atoms with Crippen molar-refractivity contribution in [2.75, 3.05) is 11.4 Å². The van der Waals surface area contributed by atoms with Crippen molar-refractivity contribution in [3.8, 4) is 0 Å². The van der Waals surface area contributed by atoms with E-state index in [9.17, 15) is 9.59 Å². The summed E-state index contributed by atoms with van der Waals surface area (Å²) in [5, 5.41) is 11.8. The Bertz CT molecular complexity index is 461. The number of hydrogen-bond acceptors (Lipinski definition) is 3. The molecule has 2 N–H and O–H groups in total. The van der Waals surface area contributed by atoms with Gasteiger partial charge in [0.1, 0.15) is 0 Å². The Kier molecular flexibility index (Phi) is 4.16. The fraction of sp³-hybridized carbons (Fsp3) is 0.429. The average molecular weight is 262 g/mol. The van der Waals surface area contributed by atoms with Crippen LogP contribution in [0.25, 0.3) is 0 Å². The van der Waals surface area contributed by atoms with Crippen LogP contribution in [0, 0.1) is 0 Å². The Morgan fingerprint density at radius 2 is 2.11 bits per heavy atom. The summed E-state index contributed by atoms with van der Waals surface area (Å²) >= 11 is 0. The molecular formula is C14H18N2O3. The van der Waals surface area contributed by atoms with Crippen LogP contribution in [0.4, 0.5) is 5.69 Å². The van der Waals surface area contributed by atoms with Crippen LogP contribution in [0.5, 0.6) is 0 Å². The summed E-state index contributed by atoms with van der Waals surface area (Å²) in [6.07, 6.45) is 0.324. The summed E-state index contributed by atoms with van der Waals surface area (Å²) in [4.78, 5) is 24.8. The minimum atomic E-state index is -0.875. The van der Waals surface area contributed by atoms with Gasteiger partial charge in [-0.3, -0.25) is 9.59 Å².